The van der Waals surface area contributed by atoms with Gasteiger partial charge in [-0.25, -0.2) is 4.79 Å². The van der Waals surface area contributed by atoms with E-state index >= 15 is 0 Å². The van der Waals surface area contributed by atoms with Crippen LogP contribution in [0.3, 0.4) is 0 Å². The molecule has 0 radical (unpaired) electrons. The number of rotatable bonds is 2. The normalized spacial score (nSPS) is 19.4. The Kier molecular flexibility index (Phi) is 3.41. The molecule has 1 aliphatic heterocycles. The molecule has 0 bridgehead atoms. The second-order valence-corrected chi connectivity index (χ2v) is 3.88. The van der Waals surface area contributed by atoms with Crippen molar-refractivity contribution in [3.05, 3.63) is 29.8 Å². The predicted octanol–water partition coefficient (Wildman–Crippen LogP) is 2.33. The van der Waals surface area contributed by atoms with Gasteiger partial charge in [0.25, 0.3) is 0 Å². The maximum Gasteiger partial charge on any atom is 0.411 e. The van der Waals surface area contributed by atoms with Crippen LogP contribution in [0.5, 0.6) is 0 Å². The standard InChI is InChI=1S/C12H15NO3/c1-9-2-4-10(5-3-9)13-12(14)16-11-6-7-15-8-11/h2-5,11H,6-8H2,1H3,(H,13,14). The highest BCUT2D eigenvalue weighted by atomic mass is 16.6. The third-order valence-electron chi connectivity index (χ3n) is 2.46. The molecule has 1 N–H and O–H groups in total. The van der Waals surface area contributed by atoms with Crippen LogP contribution in [0.15, 0.2) is 24.3 Å². The second kappa shape index (κ2) is 4.99. The molecule has 0 saturated carbocycles. The van der Waals surface area contributed by atoms with Crippen molar-refractivity contribution in [3.63, 3.8) is 0 Å². The molecule has 16 heavy (non-hydrogen) atoms. The van der Waals surface area contributed by atoms with Gasteiger partial charge in [-0.3, -0.25) is 5.32 Å². The lowest BCUT2D eigenvalue weighted by Gasteiger charge is -2.11. The van der Waals surface area contributed by atoms with Gasteiger partial charge in [0.05, 0.1) is 13.2 Å². The molecule has 4 nitrogen and oxygen atoms in total. The van der Waals surface area contributed by atoms with Crippen LogP contribution < -0.4 is 5.32 Å². The first-order chi connectivity index (χ1) is 7.74. The smallest absolute Gasteiger partial charge is 0.411 e. The summed E-state index contributed by atoms with van der Waals surface area (Å²) in [6, 6.07) is 7.58. The number of carbonyl (C=O) groups is 1. The number of anilines is 1. The summed E-state index contributed by atoms with van der Waals surface area (Å²) >= 11 is 0. The summed E-state index contributed by atoms with van der Waals surface area (Å²) in [6.45, 7) is 3.17. The summed E-state index contributed by atoms with van der Waals surface area (Å²) in [5, 5.41) is 2.68. The highest BCUT2D eigenvalue weighted by molar-refractivity contribution is 5.84. The van der Waals surface area contributed by atoms with Gasteiger partial charge in [0.2, 0.25) is 0 Å². The van der Waals surface area contributed by atoms with Crippen molar-refractivity contribution in [1.82, 2.24) is 0 Å². The van der Waals surface area contributed by atoms with Gasteiger partial charge in [-0.1, -0.05) is 17.7 Å². The maximum atomic E-state index is 11.5. The Labute approximate surface area is 94.6 Å². The number of ether oxygens (including phenoxy) is 2. The molecule has 2 rings (SSSR count). The van der Waals surface area contributed by atoms with Crippen molar-refractivity contribution in [1.29, 1.82) is 0 Å². The number of carbonyl (C=O) groups excluding carboxylic acids is 1. The van der Waals surface area contributed by atoms with Gasteiger partial charge in [-0.2, -0.15) is 0 Å². The first-order valence-electron chi connectivity index (χ1n) is 5.36. The van der Waals surface area contributed by atoms with E-state index in [1.807, 2.05) is 31.2 Å². The Morgan fingerprint density at radius 3 is 2.81 bits per heavy atom. The minimum Gasteiger partial charge on any atom is -0.443 e. The molecule has 86 valence electrons. The quantitative estimate of drug-likeness (QED) is 0.833. The molecule has 0 aromatic heterocycles. The molecule has 1 aromatic carbocycles. The minimum atomic E-state index is -0.417. The first-order valence-corrected chi connectivity index (χ1v) is 5.36. The zero-order valence-electron chi connectivity index (χ0n) is 9.23. The minimum absolute atomic E-state index is 0.106. The molecule has 1 atom stereocenters. The fraction of sp³-hybridized carbons (Fsp3) is 0.417. The number of hydrogen-bond acceptors (Lipinski definition) is 3. The van der Waals surface area contributed by atoms with Crippen LogP contribution in [0, 0.1) is 6.92 Å². The third kappa shape index (κ3) is 2.97. The Balaban J connectivity index is 1.84. The van der Waals surface area contributed by atoms with Gasteiger partial charge in [0.1, 0.15) is 6.10 Å². The summed E-state index contributed by atoms with van der Waals surface area (Å²) in [5.74, 6) is 0. The van der Waals surface area contributed by atoms with E-state index in [0.717, 1.165) is 17.7 Å². The first kappa shape index (κ1) is 11.0. The van der Waals surface area contributed by atoms with Gasteiger partial charge < -0.3 is 9.47 Å². The van der Waals surface area contributed by atoms with E-state index < -0.39 is 6.09 Å². The Bertz CT molecular complexity index is 355. The van der Waals surface area contributed by atoms with Gasteiger partial charge in [0, 0.05) is 12.1 Å². The van der Waals surface area contributed by atoms with Crippen LogP contribution >= 0.6 is 0 Å². The fourth-order valence-electron chi connectivity index (χ4n) is 1.54. The molecule has 0 spiro atoms. The van der Waals surface area contributed by atoms with Crippen LogP contribution in [-0.4, -0.2) is 25.4 Å². The highest BCUT2D eigenvalue weighted by Crippen LogP contribution is 2.12. The zero-order valence-corrected chi connectivity index (χ0v) is 9.23. The SMILES string of the molecule is Cc1ccc(NC(=O)OC2CCOC2)cc1. The van der Waals surface area contributed by atoms with Gasteiger partial charge in [-0.05, 0) is 19.1 Å². The van der Waals surface area contributed by atoms with Crippen molar-refractivity contribution in [2.75, 3.05) is 18.5 Å². The number of benzene rings is 1. The van der Waals surface area contributed by atoms with Crippen molar-refractivity contribution >= 4 is 11.8 Å². The molecule has 1 fully saturated rings. The number of hydrogen-bond donors (Lipinski definition) is 1. The summed E-state index contributed by atoms with van der Waals surface area (Å²) in [7, 11) is 0. The van der Waals surface area contributed by atoms with Crippen molar-refractivity contribution in [2.45, 2.75) is 19.4 Å². The highest BCUT2D eigenvalue weighted by Gasteiger charge is 2.19. The van der Waals surface area contributed by atoms with E-state index in [4.69, 9.17) is 9.47 Å². The Morgan fingerprint density at radius 2 is 2.19 bits per heavy atom. The number of aryl methyl sites for hydroxylation is 1. The van der Waals surface area contributed by atoms with E-state index in [2.05, 4.69) is 5.32 Å². The molecule has 1 aromatic rings. The fourth-order valence-corrected chi connectivity index (χ4v) is 1.54. The summed E-state index contributed by atoms with van der Waals surface area (Å²) in [6.07, 6.45) is 0.256. The molecule has 1 saturated heterocycles. The van der Waals surface area contributed by atoms with Crippen LogP contribution in [0.1, 0.15) is 12.0 Å². The predicted molar refractivity (Wildman–Crippen MR) is 60.5 cm³/mol. The zero-order chi connectivity index (χ0) is 11.4. The van der Waals surface area contributed by atoms with E-state index in [9.17, 15) is 4.79 Å². The second-order valence-electron chi connectivity index (χ2n) is 3.88. The van der Waals surface area contributed by atoms with E-state index in [0.29, 0.717) is 13.2 Å². The van der Waals surface area contributed by atoms with Crippen LogP contribution in [0.25, 0.3) is 0 Å². The third-order valence-corrected chi connectivity index (χ3v) is 2.46. The molecule has 0 aliphatic carbocycles. The average Bonchev–Trinajstić information content (AvgIpc) is 2.74. The molecule has 1 amide bonds. The largest absolute Gasteiger partial charge is 0.443 e. The lowest BCUT2D eigenvalue weighted by Crippen LogP contribution is -2.22. The van der Waals surface area contributed by atoms with Crippen molar-refractivity contribution in [3.8, 4) is 0 Å². The molecule has 4 heteroatoms. The molecule has 1 aliphatic rings. The van der Waals surface area contributed by atoms with Crippen LogP contribution in [0.4, 0.5) is 10.5 Å². The molecular formula is C12H15NO3. The topological polar surface area (TPSA) is 47.6 Å². The van der Waals surface area contributed by atoms with E-state index in [1.165, 1.54) is 0 Å². The van der Waals surface area contributed by atoms with Crippen molar-refractivity contribution in [2.24, 2.45) is 0 Å². The summed E-state index contributed by atoms with van der Waals surface area (Å²) < 4.78 is 10.3. The monoisotopic (exact) mass is 221 g/mol. The van der Waals surface area contributed by atoms with Crippen LogP contribution in [0.2, 0.25) is 0 Å². The Morgan fingerprint density at radius 1 is 1.44 bits per heavy atom. The number of nitrogens with one attached hydrogen (secondary N) is 1. The molecule has 1 unspecified atom stereocenters. The van der Waals surface area contributed by atoms with E-state index in [1.54, 1.807) is 0 Å². The maximum absolute atomic E-state index is 11.5. The van der Waals surface area contributed by atoms with Crippen LogP contribution in [-0.2, 0) is 9.47 Å². The summed E-state index contributed by atoms with van der Waals surface area (Å²) in [4.78, 5) is 11.5. The van der Waals surface area contributed by atoms with Crippen molar-refractivity contribution < 1.29 is 14.3 Å². The van der Waals surface area contributed by atoms with E-state index in [-0.39, 0.29) is 6.10 Å². The summed E-state index contributed by atoms with van der Waals surface area (Å²) in [5.41, 5.74) is 1.90. The van der Waals surface area contributed by atoms with Gasteiger partial charge >= 0.3 is 6.09 Å². The lowest BCUT2D eigenvalue weighted by molar-refractivity contribution is 0.0932. The van der Waals surface area contributed by atoms with Gasteiger partial charge in [0.15, 0.2) is 0 Å². The molecule has 1 heterocycles. The Hall–Kier alpha value is -1.55. The average molecular weight is 221 g/mol. The number of amides is 1. The van der Waals surface area contributed by atoms with Gasteiger partial charge in [-0.15, -0.1) is 0 Å². The molecular weight excluding hydrogens is 206 g/mol. The lowest BCUT2D eigenvalue weighted by atomic mass is 10.2.